The zero-order chi connectivity index (χ0) is 20.8. The van der Waals surface area contributed by atoms with Crippen LogP contribution >= 0.6 is 23.4 Å². The van der Waals surface area contributed by atoms with Gasteiger partial charge in [-0.1, -0.05) is 41.6 Å². The van der Waals surface area contributed by atoms with Crippen LogP contribution in [0, 0.1) is 0 Å². The van der Waals surface area contributed by atoms with Gasteiger partial charge in [-0.15, -0.1) is 10.2 Å². The third-order valence-electron chi connectivity index (χ3n) is 3.85. The van der Waals surface area contributed by atoms with Crippen molar-refractivity contribution in [3.63, 3.8) is 0 Å². The second-order valence-corrected chi connectivity index (χ2v) is 7.46. The standard InChI is InChI=1S/C19H19ClN6O2S/c1-12(27)22-14-6-8-15(9-7-14)23-17(28)10-26-18(21)24-25-19(26)29-11-13-4-2-3-5-16(13)20/h2-9H,10-11H2,1H3,(H2,21,24)(H,22,27)(H,23,28). The van der Waals surface area contributed by atoms with Gasteiger partial charge in [0.05, 0.1) is 0 Å². The lowest BCUT2D eigenvalue weighted by Crippen LogP contribution is -2.20. The number of thioether (sulfide) groups is 1. The van der Waals surface area contributed by atoms with Crippen molar-refractivity contribution in [1.29, 1.82) is 0 Å². The molecule has 29 heavy (non-hydrogen) atoms. The third kappa shape index (κ3) is 5.72. The maximum atomic E-state index is 12.4. The van der Waals surface area contributed by atoms with E-state index in [2.05, 4.69) is 20.8 Å². The minimum Gasteiger partial charge on any atom is -0.368 e. The molecule has 0 saturated heterocycles. The molecule has 150 valence electrons. The number of aromatic nitrogens is 3. The number of amides is 2. The number of halogens is 1. The van der Waals surface area contributed by atoms with E-state index in [0.29, 0.717) is 27.3 Å². The lowest BCUT2D eigenvalue weighted by Gasteiger charge is -2.10. The number of nitrogens with zero attached hydrogens (tertiary/aromatic N) is 3. The first kappa shape index (κ1) is 20.7. The number of benzene rings is 2. The van der Waals surface area contributed by atoms with Crippen LogP contribution in [0.1, 0.15) is 12.5 Å². The van der Waals surface area contributed by atoms with E-state index >= 15 is 0 Å². The topological polar surface area (TPSA) is 115 Å². The molecule has 1 aromatic heterocycles. The first-order valence-electron chi connectivity index (χ1n) is 8.65. The van der Waals surface area contributed by atoms with Crippen LogP contribution in [-0.2, 0) is 21.9 Å². The molecule has 10 heteroatoms. The summed E-state index contributed by atoms with van der Waals surface area (Å²) in [7, 11) is 0. The summed E-state index contributed by atoms with van der Waals surface area (Å²) in [5.41, 5.74) is 8.08. The van der Waals surface area contributed by atoms with Crippen molar-refractivity contribution < 1.29 is 9.59 Å². The monoisotopic (exact) mass is 430 g/mol. The summed E-state index contributed by atoms with van der Waals surface area (Å²) in [6, 6.07) is 14.3. The Labute approximate surface area is 176 Å². The summed E-state index contributed by atoms with van der Waals surface area (Å²) in [4.78, 5) is 23.5. The average molecular weight is 431 g/mol. The Morgan fingerprint density at radius 3 is 2.38 bits per heavy atom. The van der Waals surface area contributed by atoms with Crippen molar-refractivity contribution in [3.05, 3.63) is 59.1 Å². The largest absolute Gasteiger partial charge is 0.368 e. The van der Waals surface area contributed by atoms with Gasteiger partial charge >= 0.3 is 0 Å². The first-order chi connectivity index (χ1) is 13.9. The fraction of sp³-hybridized carbons (Fsp3) is 0.158. The van der Waals surface area contributed by atoms with Crippen molar-refractivity contribution in [2.75, 3.05) is 16.4 Å². The van der Waals surface area contributed by atoms with Gasteiger partial charge in [0.25, 0.3) is 0 Å². The molecule has 2 aromatic carbocycles. The molecule has 1 heterocycles. The predicted molar refractivity (Wildman–Crippen MR) is 115 cm³/mol. The number of hydrogen-bond donors (Lipinski definition) is 3. The lowest BCUT2D eigenvalue weighted by atomic mass is 10.2. The number of carbonyl (C=O) groups is 2. The highest BCUT2D eigenvalue weighted by molar-refractivity contribution is 7.98. The Morgan fingerprint density at radius 2 is 1.72 bits per heavy atom. The van der Waals surface area contributed by atoms with Crippen molar-refractivity contribution in [2.45, 2.75) is 24.4 Å². The molecule has 0 aliphatic heterocycles. The van der Waals surface area contributed by atoms with Gasteiger partial charge in [0.15, 0.2) is 5.16 Å². The molecular formula is C19H19ClN6O2S. The summed E-state index contributed by atoms with van der Waals surface area (Å²) < 4.78 is 1.54. The molecule has 0 aliphatic rings. The van der Waals surface area contributed by atoms with E-state index in [0.717, 1.165) is 5.56 Å². The van der Waals surface area contributed by atoms with Crippen molar-refractivity contribution in [2.24, 2.45) is 0 Å². The molecule has 2 amide bonds. The molecule has 0 aliphatic carbocycles. The fourth-order valence-electron chi connectivity index (χ4n) is 2.50. The van der Waals surface area contributed by atoms with E-state index in [4.69, 9.17) is 17.3 Å². The molecule has 0 fully saturated rings. The van der Waals surface area contributed by atoms with Crippen LogP contribution in [0.15, 0.2) is 53.7 Å². The molecule has 0 unspecified atom stereocenters. The maximum absolute atomic E-state index is 12.4. The van der Waals surface area contributed by atoms with Crippen LogP contribution in [-0.4, -0.2) is 26.6 Å². The van der Waals surface area contributed by atoms with Gasteiger partial charge in [0, 0.05) is 29.1 Å². The summed E-state index contributed by atoms with van der Waals surface area (Å²) >= 11 is 7.58. The van der Waals surface area contributed by atoms with Gasteiger partial charge in [-0.3, -0.25) is 14.2 Å². The van der Waals surface area contributed by atoms with Crippen molar-refractivity contribution in [1.82, 2.24) is 14.8 Å². The van der Waals surface area contributed by atoms with E-state index in [9.17, 15) is 9.59 Å². The SMILES string of the molecule is CC(=O)Nc1ccc(NC(=O)Cn2c(N)nnc2SCc2ccccc2Cl)cc1. The molecule has 4 N–H and O–H groups in total. The minimum absolute atomic E-state index is 0.0306. The van der Waals surface area contributed by atoms with Crippen LogP contribution in [0.4, 0.5) is 17.3 Å². The number of nitrogens with two attached hydrogens (primary N) is 1. The van der Waals surface area contributed by atoms with Gasteiger partial charge in [-0.05, 0) is 35.9 Å². The third-order valence-corrected chi connectivity index (χ3v) is 5.24. The van der Waals surface area contributed by atoms with Crippen molar-refractivity contribution in [3.8, 4) is 0 Å². The molecule has 3 rings (SSSR count). The van der Waals surface area contributed by atoms with Gasteiger partial charge in [-0.25, -0.2) is 0 Å². The summed E-state index contributed by atoms with van der Waals surface area (Å²) in [6.07, 6.45) is 0. The van der Waals surface area contributed by atoms with Crippen molar-refractivity contribution >= 4 is 52.5 Å². The van der Waals surface area contributed by atoms with E-state index in [-0.39, 0.29) is 24.3 Å². The quantitative estimate of drug-likeness (QED) is 0.495. The van der Waals surface area contributed by atoms with E-state index < -0.39 is 0 Å². The Balaban J connectivity index is 1.62. The fourth-order valence-corrected chi connectivity index (χ4v) is 3.73. The normalized spacial score (nSPS) is 10.6. The average Bonchev–Trinajstić information content (AvgIpc) is 3.02. The summed E-state index contributed by atoms with van der Waals surface area (Å²) in [5, 5.41) is 14.6. The first-order valence-corrected chi connectivity index (χ1v) is 10.0. The van der Waals surface area contributed by atoms with Crippen LogP contribution in [0.3, 0.4) is 0 Å². The van der Waals surface area contributed by atoms with E-state index in [1.165, 1.54) is 18.7 Å². The zero-order valence-electron chi connectivity index (χ0n) is 15.6. The number of nitrogens with one attached hydrogen (secondary N) is 2. The second kappa shape index (κ2) is 9.44. The van der Waals surface area contributed by atoms with Gasteiger partial charge in [0.1, 0.15) is 6.54 Å². The molecule has 8 nitrogen and oxygen atoms in total. The van der Waals surface area contributed by atoms with Gasteiger partial charge in [0.2, 0.25) is 17.8 Å². The number of hydrogen-bond acceptors (Lipinski definition) is 6. The Hall–Kier alpha value is -3.04. The smallest absolute Gasteiger partial charge is 0.244 e. The second-order valence-electron chi connectivity index (χ2n) is 6.11. The van der Waals surface area contributed by atoms with E-state index in [1.807, 2.05) is 24.3 Å². The Kier molecular flexibility index (Phi) is 6.73. The molecule has 0 radical (unpaired) electrons. The highest BCUT2D eigenvalue weighted by Gasteiger charge is 2.14. The van der Waals surface area contributed by atoms with E-state index in [1.54, 1.807) is 28.8 Å². The summed E-state index contributed by atoms with van der Waals surface area (Å²) in [6.45, 7) is 1.40. The number of rotatable bonds is 7. The molecular weight excluding hydrogens is 412 g/mol. The summed E-state index contributed by atoms with van der Waals surface area (Å²) in [5.74, 6) is 0.294. The lowest BCUT2D eigenvalue weighted by molar-refractivity contribution is -0.117. The molecule has 0 saturated carbocycles. The Morgan fingerprint density at radius 1 is 1.07 bits per heavy atom. The van der Waals surface area contributed by atoms with Crippen LogP contribution in [0.25, 0.3) is 0 Å². The molecule has 0 atom stereocenters. The molecule has 0 spiro atoms. The molecule has 3 aromatic rings. The highest BCUT2D eigenvalue weighted by atomic mass is 35.5. The van der Waals surface area contributed by atoms with Crippen LogP contribution in [0.2, 0.25) is 5.02 Å². The predicted octanol–water partition coefficient (Wildman–Crippen LogP) is 3.40. The molecule has 0 bridgehead atoms. The van der Waals surface area contributed by atoms with Gasteiger partial charge in [-0.2, -0.15) is 0 Å². The zero-order valence-corrected chi connectivity index (χ0v) is 17.1. The minimum atomic E-state index is -0.275. The maximum Gasteiger partial charge on any atom is 0.244 e. The van der Waals surface area contributed by atoms with Crippen LogP contribution < -0.4 is 16.4 Å². The number of carbonyl (C=O) groups excluding carboxylic acids is 2. The Bertz CT molecular complexity index is 1020. The van der Waals surface area contributed by atoms with Crippen LogP contribution in [0.5, 0.6) is 0 Å². The highest BCUT2D eigenvalue weighted by Crippen LogP contribution is 2.26. The number of nitrogen functional groups attached to an aromatic ring is 1. The van der Waals surface area contributed by atoms with Gasteiger partial charge < -0.3 is 16.4 Å². The number of anilines is 3.